The third kappa shape index (κ3) is 2.28. The minimum absolute atomic E-state index is 0.113. The van der Waals surface area contributed by atoms with Crippen molar-refractivity contribution in [3.8, 4) is 0 Å². The zero-order valence-electron chi connectivity index (χ0n) is 8.43. The molecule has 0 bridgehead atoms. The fourth-order valence-electron chi connectivity index (χ4n) is 1.86. The number of carbonyl (C=O) groups is 1. The summed E-state index contributed by atoms with van der Waals surface area (Å²) in [5, 5.41) is 16.4. The van der Waals surface area contributed by atoms with Gasteiger partial charge in [0.25, 0.3) is 11.7 Å². The number of nitrogens with one attached hydrogen (secondary N) is 2. The first kappa shape index (κ1) is 10.4. The summed E-state index contributed by atoms with van der Waals surface area (Å²) in [4.78, 5) is 11.6. The van der Waals surface area contributed by atoms with E-state index in [-0.39, 0.29) is 17.8 Å². The minimum Gasteiger partial charge on any atom is -0.345 e. The first-order chi connectivity index (χ1) is 7.31. The Hall–Kier alpha value is -1.11. The lowest BCUT2D eigenvalue weighted by atomic mass is 10.2. The third-order valence-electron chi connectivity index (χ3n) is 2.62. The van der Waals surface area contributed by atoms with Gasteiger partial charge in [0.05, 0.1) is 0 Å². The van der Waals surface area contributed by atoms with Crippen LogP contribution >= 0.6 is 11.8 Å². The summed E-state index contributed by atoms with van der Waals surface area (Å²) < 4.78 is 0. The normalized spacial score (nSPS) is 25.4. The van der Waals surface area contributed by atoms with Crippen molar-refractivity contribution in [1.82, 2.24) is 25.9 Å². The summed E-state index contributed by atoms with van der Waals surface area (Å²) in [6.45, 7) is 0. The van der Waals surface area contributed by atoms with E-state index in [1.54, 1.807) is 11.8 Å². The third-order valence-corrected chi connectivity index (χ3v) is 3.79. The largest absolute Gasteiger partial charge is 0.345 e. The molecule has 0 aromatic carbocycles. The van der Waals surface area contributed by atoms with Gasteiger partial charge in [0, 0.05) is 11.3 Å². The van der Waals surface area contributed by atoms with Crippen molar-refractivity contribution < 1.29 is 4.79 Å². The number of nitrogens with zero attached hydrogens (tertiary/aromatic N) is 3. The molecule has 1 aromatic heterocycles. The number of tetrazole rings is 1. The van der Waals surface area contributed by atoms with Crippen molar-refractivity contribution in [3.63, 3.8) is 0 Å². The van der Waals surface area contributed by atoms with Gasteiger partial charge in [-0.2, -0.15) is 17.0 Å². The molecule has 7 heteroatoms. The summed E-state index contributed by atoms with van der Waals surface area (Å²) in [6, 6.07) is 0.242. The van der Waals surface area contributed by atoms with Gasteiger partial charge in [0.15, 0.2) is 0 Å². The zero-order valence-corrected chi connectivity index (χ0v) is 9.25. The lowest BCUT2D eigenvalue weighted by Gasteiger charge is -2.17. The number of hydrogen-bond donors (Lipinski definition) is 2. The van der Waals surface area contributed by atoms with Gasteiger partial charge >= 0.3 is 0 Å². The number of aromatic amines is 1. The van der Waals surface area contributed by atoms with Gasteiger partial charge < -0.3 is 5.32 Å². The fraction of sp³-hybridized carbons (Fsp3) is 0.750. The Morgan fingerprint density at radius 3 is 3.13 bits per heavy atom. The molecule has 2 atom stereocenters. The van der Waals surface area contributed by atoms with E-state index in [0.717, 1.165) is 6.42 Å². The standard InChI is InChI=1S/C8H13N5OS/c1-15-6-4-2-3-5(6)9-8(14)7-10-12-13-11-7/h5-6H,2-4H2,1H3,(H,9,14)(H,10,11,12,13). The number of H-pyrrole nitrogens is 1. The first-order valence-corrected chi connectivity index (χ1v) is 6.17. The maximum atomic E-state index is 11.6. The predicted molar refractivity (Wildman–Crippen MR) is 56.6 cm³/mol. The van der Waals surface area contributed by atoms with E-state index in [0.29, 0.717) is 5.25 Å². The zero-order chi connectivity index (χ0) is 10.7. The highest BCUT2D eigenvalue weighted by Gasteiger charge is 2.28. The molecule has 1 fully saturated rings. The van der Waals surface area contributed by atoms with E-state index >= 15 is 0 Å². The highest BCUT2D eigenvalue weighted by atomic mass is 32.2. The van der Waals surface area contributed by atoms with Crippen LogP contribution in [0.1, 0.15) is 29.9 Å². The molecule has 1 saturated carbocycles. The van der Waals surface area contributed by atoms with Gasteiger partial charge in [0.2, 0.25) is 0 Å². The predicted octanol–water partition coefficient (Wildman–Crippen LogP) is 0.214. The van der Waals surface area contributed by atoms with Crippen molar-refractivity contribution in [2.75, 3.05) is 6.26 Å². The van der Waals surface area contributed by atoms with Crippen molar-refractivity contribution >= 4 is 17.7 Å². The summed E-state index contributed by atoms with van der Waals surface area (Å²) in [5.74, 6) is -0.128. The summed E-state index contributed by atoms with van der Waals surface area (Å²) in [5.41, 5.74) is 0. The maximum Gasteiger partial charge on any atom is 0.293 e. The van der Waals surface area contributed by atoms with Crippen LogP contribution in [0.25, 0.3) is 0 Å². The van der Waals surface area contributed by atoms with Gasteiger partial charge in [-0.15, -0.1) is 10.2 Å². The molecule has 2 N–H and O–H groups in total. The molecular weight excluding hydrogens is 214 g/mol. The summed E-state index contributed by atoms with van der Waals surface area (Å²) in [6.07, 6.45) is 5.44. The van der Waals surface area contributed by atoms with Crippen molar-refractivity contribution in [3.05, 3.63) is 5.82 Å². The Morgan fingerprint density at radius 1 is 1.60 bits per heavy atom. The van der Waals surface area contributed by atoms with Crippen LogP contribution in [0.15, 0.2) is 0 Å². The molecule has 1 aliphatic carbocycles. The molecule has 2 rings (SSSR count). The SMILES string of the molecule is CSC1CCCC1NC(=O)c1nn[nH]n1. The van der Waals surface area contributed by atoms with E-state index in [1.165, 1.54) is 12.8 Å². The van der Waals surface area contributed by atoms with Crippen molar-refractivity contribution in [2.24, 2.45) is 0 Å². The monoisotopic (exact) mass is 227 g/mol. The second-order valence-electron chi connectivity index (χ2n) is 3.52. The molecule has 0 saturated heterocycles. The van der Waals surface area contributed by atoms with Crippen LogP contribution in [0, 0.1) is 0 Å². The molecule has 82 valence electrons. The van der Waals surface area contributed by atoms with Crippen LogP contribution in [0.2, 0.25) is 0 Å². The van der Waals surface area contributed by atoms with Gasteiger partial charge in [-0.1, -0.05) is 6.42 Å². The van der Waals surface area contributed by atoms with Crippen LogP contribution < -0.4 is 5.32 Å². The summed E-state index contributed by atoms with van der Waals surface area (Å²) >= 11 is 1.80. The molecule has 1 amide bonds. The van der Waals surface area contributed by atoms with Gasteiger partial charge in [-0.25, -0.2) is 0 Å². The second kappa shape index (κ2) is 4.61. The van der Waals surface area contributed by atoms with Gasteiger partial charge in [-0.3, -0.25) is 4.79 Å². The van der Waals surface area contributed by atoms with E-state index < -0.39 is 0 Å². The number of carbonyl (C=O) groups excluding carboxylic acids is 1. The Bertz CT molecular complexity index is 328. The van der Waals surface area contributed by atoms with E-state index in [4.69, 9.17) is 0 Å². The Kier molecular flexibility index (Phi) is 3.20. The molecule has 6 nitrogen and oxygen atoms in total. The lowest BCUT2D eigenvalue weighted by Crippen LogP contribution is -2.39. The Balaban J connectivity index is 1.94. The molecule has 1 aliphatic rings. The van der Waals surface area contributed by atoms with Crippen molar-refractivity contribution in [1.29, 1.82) is 0 Å². The molecular formula is C8H13N5OS. The molecule has 1 aromatic rings. The maximum absolute atomic E-state index is 11.6. The van der Waals surface area contributed by atoms with Gasteiger partial charge in [-0.05, 0) is 24.3 Å². The lowest BCUT2D eigenvalue weighted by molar-refractivity contribution is 0.0928. The highest BCUT2D eigenvalue weighted by molar-refractivity contribution is 7.99. The fourth-order valence-corrected chi connectivity index (χ4v) is 2.80. The minimum atomic E-state index is -0.241. The number of thioether (sulfide) groups is 1. The average Bonchev–Trinajstić information content (AvgIpc) is 2.87. The highest BCUT2D eigenvalue weighted by Crippen LogP contribution is 2.28. The van der Waals surface area contributed by atoms with Crippen LogP contribution in [0.4, 0.5) is 0 Å². The van der Waals surface area contributed by atoms with Crippen LogP contribution in [0.5, 0.6) is 0 Å². The van der Waals surface area contributed by atoms with E-state index in [2.05, 4.69) is 32.2 Å². The molecule has 0 spiro atoms. The molecule has 15 heavy (non-hydrogen) atoms. The summed E-state index contributed by atoms with van der Waals surface area (Å²) in [7, 11) is 0. The first-order valence-electron chi connectivity index (χ1n) is 4.88. The Morgan fingerprint density at radius 2 is 2.47 bits per heavy atom. The van der Waals surface area contributed by atoms with Crippen LogP contribution in [0.3, 0.4) is 0 Å². The molecule has 0 aliphatic heterocycles. The topological polar surface area (TPSA) is 83.6 Å². The second-order valence-corrected chi connectivity index (χ2v) is 4.60. The number of aromatic nitrogens is 4. The number of hydrogen-bond acceptors (Lipinski definition) is 5. The quantitative estimate of drug-likeness (QED) is 0.771. The van der Waals surface area contributed by atoms with Crippen LogP contribution in [-0.4, -0.2) is 44.1 Å². The smallest absolute Gasteiger partial charge is 0.293 e. The van der Waals surface area contributed by atoms with Crippen LogP contribution in [-0.2, 0) is 0 Å². The molecule has 1 heterocycles. The number of rotatable bonds is 3. The Labute approximate surface area is 91.6 Å². The molecule has 2 unspecified atom stereocenters. The van der Waals surface area contributed by atoms with Gasteiger partial charge in [0.1, 0.15) is 0 Å². The number of amides is 1. The van der Waals surface area contributed by atoms with E-state index in [1.807, 2.05) is 0 Å². The average molecular weight is 227 g/mol. The van der Waals surface area contributed by atoms with E-state index in [9.17, 15) is 4.79 Å². The van der Waals surface area contributed by atoms with Crippen molar-refractivity contribution in [2.45, 2.75) is 30.6 Å². The molecule has 0 radical (unpaired) electrons.